The molecule has 10 heteroatoms. The van der Waals surface area contributed by atoms with E-state index in [1.807, 2.05) is 43.3 Å². The first kappa shape index (κ1) is 32.2. The van der Waals surface area contributed by atoms with Crippen molar-refractivity contribution in [2.75, 3.05) is 49.2 Å². The minimum atomic E-state index is -0.484. The summed E-state index contributed by atoms with van der Waals surface area (Å²) in [4.78, 5) is 17.8. The number of methoxy groups -OCH3 is 5. The van der Waals surface area contributed by atoms with E-state index >= 15 is 0 Å². The third kappa shape index (κ3) is 5.64. The number of fused-ring (bicyclic) bond motifs is 7. The molecule has 47 heavy (non-hydrogen) atoms. The molecular weight excluding hydrogens is 598 g/mol. The average molecular weight is 640 g/mol. The monoisotopic (exact) mass is 639 g/mol. The molecule has 246 valence electrons. The highest BCUT2D eigenvalue weighted by molar-refractivity contribution is 5.87. The summed E-state index contributed by atoms with van der Waals surface area (Å²) >= 11 is 0. The molecule has 0 aromatic heterocycles. The van der Waals surface area contributed by atoms with Gasteiger partial charge in [-0.15, -0.1) is 0 Å². The van der Waals surface area contributed by atoms with Crippen LogP contribution in [0.1, 0.15) is 45.5 Å². The zero-order chi connectivity index (χ0) is 33.4. The summed E-state index contributed by atoms with van der Waals surface area (Å²) in [5.41, 5.74) is 6.13. The molecule has 3 aromatic carbocycles. The molecule has 6 rings (SSSR count). The SMILES string of the molecule is COc1ccc(C)cc1/C=C/C(=O)OCC1c2cc(OC)c(OC)cc2CC2[C@H]3c4cc(OC)c(OC)cc4C[C@@H]([C@H](C#N)N12)N3C. The summed E-state index contributed by atoms with van der Waals surface area (Å²) in [5, 5.41) is 10.8. The number of esters is 1. The van der Waals surface area contributed by atoms with Crippen LogP contribution in [0, 0.1) is 18.3 Å². The average Bonchev–Trinajstić information content (AvgIpc) is 3.08. The summed E-state index contributed by atoms with van der Waals surface area (Å²) < 4.78 is 34.2. The van der Waals surface area contributed by atoms with Crippen LogP contribution < -0.4 is 23.7 Å². The molecule has 0 N–H and O–H groups in total. The summed E-state index contributed by atoms with van der Waals surface area (Å²) in [6.45, 7) is 2.03. The predicted molar refractivity (Wildman–Crippen MR) is 176 cm³/mol. The van der Waals surface area contributed by atoms with Crippen LogP contribution in [0.25, 0.3) is 6.08 Å². The van der Waals surface area contributed by atoms with Gasteiger partial charge < -0.3 is 28.4 Å². The number of carbonyl (C=O) groups excluding carboxylic acids is 1. The Labute approximate surface area is 276 Å². The molecular formula is C37H41N3O7. The second-order valence-electron chi connectivity index (χ2n) is 12.2. The number of nitriles is 1. The molecule has 2 unspecified atom stereocenters. The number of piperazine rings is 1. The van der Waals surface area contributed by atoms with Crippen molar-refractivity contribution in [2.24, 2.45) is 0 Å². The lowest BCUT2D eigenvalue weighted by molar-refractivity contribution is -0.143. The van der Waals surface area contributed by atoms with Gasteiger partial charge >= 0.3 is 5.97 Å². The number of rotatable bonds is 9. The zero-order valence-corrected chi connectivity index (χ0v) is 27.9. The van der Waals surface area contributed by atoms with E-state index in [2.05, 4.69) is 29.0 Å². The first-order valence-corrected chi connectivity index (χ1v) is 15.6. The molecule has 3 aliphatic rings. The molecule has 5 atom stereocenters. The minimum Gasteiger partial charge on any atom is -0.496 e. The van der Waals surface area contributed by atoms with Crippen LogP contribution in [0.2, 0.25) is 0 Å². The van der Waals surface area contributed by atoms with Gasteiger partial charge in [0.05, 0.1) is 53.7 Å². The standard InChI is InChI=1S/C37H41N3O7/c1-21-8-10-31(42-3)22(12-21)9-11-36(41)47-20-30-25-17-34(45-6)32(43-4)15-23(25)14-28-37-26-18-35(46-7)33(44-5)16-24(26)13-27(39(37)2)29(19-38)40(28)30/h8-12,15-18,27-30,37H,13-14,20H2,1-7H3/b11-9+/t27-,28?,29-,30?,37+/m0/s1. The van der Waals surface area contributed by atoms with E-state index in [4.69, 9.17) is 28.4 Å². The number of likely N-dealkylation sites (N-methyl/N-ethyl adjacent to an activating group) is 1. The molecule has 1 fully saturated rings. The van der Waals surface area contributed by atoms with Crippen LogP contribution in [0.5, 0.6) is 28.7 Å². The Kier molecular flexibility index (Phi) is 9.04. The number of ether oxygens (including phenoxy) is 6. The van der Waals surface area contributed by atoms with Crippen molar-refractivity contribution in [1.82, 2.24) is 9.80 Å². The second-order valence-corrected chi connectivity index (χ2v) is 12.2. The third-order valence-corrected chi connectivity index (χ3v) is 9.88. The van der Waals surface area contributed by atoms with E-state index in [1.165, 1.54) is 6.08 Å². The molecule has 2 bridgehead atoms. The first-order valence-electron chi connectivity index (χ1n) is 15.6. The maximum absolute atomic E-state index is 13.2. The highest BCUT2D eigenvalue weighted by atomic mass is 16.5. The van der Waals surface area contributed by atoms with Gasteiger partial charge in [0.15, 0.2) is 23.0 Å². The maximum Gasteiger partial charge on any atom is 0.330 e. The fourth-order valence-electron chi connectivity index (χ4n) is 7.70. The Morgan fingerprint density at radius 3 is 2.02 bits per heavy atom. The van der Waals surface area contributed by atoms with E-state index in [0.717, 1.165) is 33.4 Å². The van der Waals surface area contributed by atoms with Crippen LogP contribution in [0.3, 0.4) is 0 Å². The van der Waals surface area contributed by atoms with Crippen LogP contribution in [-0.4, -0.2) is 83.1 Å². The van der Waals surface area contributed by atoms with Crippen molar-refractivity contribution in [3.63, 3.8) is 0 Å². The normalized spacial score (nSPS) is 23.1. The molecule has 10 nitrogen and oxygen atoms in total. The smallest absolute Gasteiger partial charge is 0.330 e. The number of aryl methyl sites for hydroxylation is 1. The lowest BCUT2D eigenvalue weighted by Gasteiger charge is -2.59. The summed E-state index contributed by atoms with van der Waals surface area (Å²) in [6.07, 6.45) is 4.44. The lowest BCUT2D eigenvalue weighted by atomic mass is 9.72. The van der Waals surface area contributed by atoms with Crippen LogP contribution >= 0.6 is 0 Å². The van der Waals surface area contributed by atoms with E-state index in [0.29, 0.717) is 41.6 Å². The Balaban J connectivity index is 1.41. The third-order valence-electron chi connectivity index (χ3n) is 9.88. The minimum absolute atomic E-state index is 0.0488. The fourth-order valence-corrected chi connectivity index (χ4v) is 7.70. The van der Waals surface area contributed by atoms with Crippen molar-refractivity contribution in [3.8, 4) is 34.8 Å². The molecule has 3 aromatic rings. The van der Waals surface area contributed by atoms with Gasteiger partial charge in [-0.2, -0.15) is 5.26 Å². The molecule has 0 amide bonds. The van der Waals surface area contributed by atoms with Gasteiger partial charge in [0, 0.05) is 23.7 Å². The quantitative estimate of drug-likeness (QED) is 0.233. The molecule has 1 saturated heterocycles. The second kappa shape index (κ2) is 13.2. The van der Waals surface area contributed by atoms with Crippen molar-refractivity contribution in [1.29, 1.82) is 5.26 Å². The highest BCUT2D eigenvalue weighted by Crippen LogP contribution is 2.52. The number of nitrogens with zero attached hydrogens (tertiary/aromatic N) is 3. The molecule has 0 aliphatic carbocycles. The van der Waals surface area contributed by atoms with Gasteiger partial charge in [0.1, 0.15) is 18.4 Å². The van der Waals surface area contributed by atoms with Crippen LogP contribution in [0.4, 0.5) is 0 Å². The van der Waals surface area contributed by atoms with E-state index in [1.54, 1.807) is 41.6 Å². The van der Waals surface area contributed by atoms with Gasteiger partial charge in [-0.1, -0.05) is 11.6 Å². The van der Waals surface area contributed by atoms with Gasteiger partial charge in [-0.25, -0.2) is 4.79 Å². The highest BCUT2D eigenvalue weighted by Gasteiger charge is 2.54. The number of hydrogen-bond acceptors (Lipinski definition) is 10. The Bertz CT molecular complexity index is 1750. The first-order chi connectivity index (χ1) is 22.8. The van der Waals surface area contributed by atoms with Crippen molar-refractivity contribution in [2.45, 2.75) is 50.0 Å². The van der Waals surface area contributed by atoms with Crippen molar-refractivity contribution in [3.05, 3.63) is 81.9 Å². The Hall–Kier alpha value is -4.72. The zero-order valence-electron chi connectivity index (χ0n) is 27.9. The Morgan fingerprint density at radius 2 is 1.40 bits per heavy atom. The molecule has 0 spiro atoms. The van der Waals surface area contributed by atoms with E-state index < -0.39 is 18.1 Å². The van der Waals surface area contributed by atoms with Crippen LogP contribution in [0.15, 0.2) is 48.5 Å². The molecule has 3 aliphatic heterocycles. The van der Waals surface area contributed by atoms with Gasteiger partial charge in [-0.3, -0.25) is 9.80 Å². The molecule has 3 heterocycles. The van der Waals surface area contributed by atoms with Crippen LogP contribution in [-0.2, 0) is 22.4 Å². The summed E-state index contributed by atoms with van der Waals surface area (Å²) in [7, 11) is 10.2. The largest absolute Gasteiger partial charge is 0.496 e. The lowest BCUT2D eigenvalue weighted by Crippen LogP contribution is -2.68. The molecule has 0 saturated carbocycles. The van der Waals surface area contributed by atoms with Crippen molar-refractivity contribution >= 4 is 12.0 Å². The number of hydrogen-bond donors (Lipinski definition) is 0. The van der Waals surface area contributed by atoms with Crippen molar-refractivity contribution < 1.29 is 33.2 Å². The van der Waals surface area contributed by atoms with Gasteiger partial charge in [0.25, 0.3) is 0 Å². The summed E-state index contributed by atoms with van der Waals surface area (Å²) in [5.74, 6) is 2.73. The predicted octanol–water partition coefficient (Wildman–Crippen LogP) is 5.07. The summed E-state index contributed by atoms with van der Waals surface area (Å²) in [6, 6.07) is 15.4. The number of benzene rings is 3. The Morgan fingerprint density at radius 1 is 0.830 bits per heavy atom. The topological polar surface area (TPSA) is 103 Å². The maximum atomic E-state index is 13.2. The van der Waals surface area contributed by atoms with E-state index in [-0.39, 0.29) is 24.7 Å². The van der Waals surface area contributed by atoms with Gasteiger partial charge in [0.2, 0.25) is 0 Å². The van der Waals surface area contributed by atoms with Gasteiger partial charge in [-0.05, 0) is 91.5 Å². The fraction of sp³-hybridized carbons (Fsp3) is 0.405. The van der Waals surface area contributed by atoms with E-state index in [9.17, 15) is 10.1 Å². The number of carbonyl (C=O) groups is 1. The molecule has 0 radical (unpaired) electrons.